The quantitative estimate of drug-likeness (QED) is 0.759. The fourth-order valence-electron chi connectivity index (χ4n) is 2.29. The van der Waals surface area contributed by atoms with E-state index in [1.165, 1.54) is 0 Å². The third-order valence-corrected chi connectivity index (χ3v) is 4.65. The molecule has 1 N–H and O–H groups in total. The summed E-state index contributed by atoms with van der Waals surface area (Å²) in [6, 6.07) is 14.3. The van der Waals surface area contributed by atoms with E-state index < -0.39 is 0 Å². The zero-order chi connectivity index (χ0) is 13.9. The summed E-state index contributed by atoms with van der Waals surface area (Å²) >= 11 is 7.94. The lowest BCUT2D eigenvalue weighted by Crippen LogP contribution is -2.22. The maximum atomic E-state index is 6.28. The molecule has 0 aliphatic carbocycles. The van der Waals surface area contributed by atoms with Gasteiger partial charge in [0.1, 0.15) is 0 Å². The highest BCUT2D eigenvalue weighted by molar-refractivity contribution is 7.10. The number of benzene rings is 1. The van der Waals surface area contributed by atoms with Crippen LogP contribution < -0.4 is 5.32 Å². The van der Waals surface area contributed by atoms with Crippen LogP contribution in [0.4, 0.5) is 0 Å². The zero-order valence-corrected chi connectivity index (χ0v) is 12.7. The molecule has 1 aromatic carbocycles. The maximum absolute atomic E-state index is 6.28. The molecule has 0 amide bonds. The molecular weight excluding hydrogens is 288 g/mol. The monoisotopic (exact) mass is 302 g/mol. The summed E-state index contributed by atoms with van der Waals surface area (Å²) in [7, 11) is 0. The number of thiophene rings is 1. The standard InChI is InChI=1S/C16H15ClN2S/c1-2-18-15(16-12(17)9-10-20-16)14-8-7-11-5-3-4-6-13(11)19-14/h3-10,15,18H,2H2,1H3. The molecule has 1 atom stereocenters. The van der Waals surface area contributed by atoms with Gasteiger partial charge in [0.05, 0.1) is 22.3 Å². The predicted molar refractivity (Wildman–Crippen MR) is 86.6 cm³/mol. The number of rotatable bonds is 4. The Labute approximate surface area is 127 Å². The van der Waals surface area contributed by atoms with Gasteiger partial charge in [-0.3, -0.25) is 4.98 Å². The first kappa shape index (κ1) is 13.6. The molecule has 0 fully saturated rings. The third kappa shape index (κ3) is 2.57. The highest BCUT2D eigenvalue weighted by Gasteiger charge is 2.18. The van der Waals surface area contributed by atoms with Gasteiger partial charge >= 0.3 is 0 Å². The number of pyridine rings is 1. The molecule has 2 heterocycles. The van der Waals surface area contributed by atoms with Crippen molar-refractivity contribution in [1.29, 1.82) is 0 Å². The van der Waals surface area contributed by atoms with Crippen LogP contribution in [0, 0.1) is 0 Å². The molecule has 0 aliphatic heterocycles. The van der Waals surface area contributed by atoms with Crippen molar-refractivity contribution in [3.8, 4) is 0 Å². The van der Waals surface area contributed by atoms with Gasteiger partial charge in [0.25, 0.3) is 0 Å². The Morgan fingerprint density at radius 1 is 1.20 bits per heavy atom. The van der Waals surface area contributed by atoms with Gasteiger partial charge in [0.15, 0.2) is 0 Å². The first-order valence-corrected chi connectivity index (χ1v) is 7.87. The van der Waals surface area contributed by atoms with Gasteiger partial charge < -0.3 is 5.32 Å². The average Bonchev–Trinajstić information content (AvgIpc) is 2.90. The molecule has 0 saturated heterocycles. The number of aromatic nitrogens is 1. The molecule has 102 valence electrons. The molecule has 0 radical (unpaired) electrons. The van der Waals surface area contributed by atoms with E-state index in [1.54, 1.807) is 11.3 Å². The number of hydrogen-bond donors (Lipinski definition) is 1. The van der Waals surface area contributed by atoms with Crippen molar-refractivity contribution >= 4 is 33.8 Å². The van der Waals surface area contributed by atoms with Crippen molar-refractivity contribution in [2.24, 2.45) is 0 Å². The van der Waals surface area contributed by atoms with Crippen LogP contribution in [-0.4, -0.2) is 11.5 Å². The summed E-state index contributed by atoms with van der Waals surface area (Å²) in [6.45, 7) is 2.96. The van der Waals surface area contributed by atoms with E-state index >= 15 is 0 Å². The van der Waals surface area contributed by atoms with E-state index in [0.29, 0.717) is 0 Å². The number of hydrogen-bond acceptors (Lipinski definition) is 3. The van der Waals surface area contributed by atoms with Crippen molar-refractivity contribution in [1.82, 2.24) is 10.3 Å². The van der Waals surface area contributed by atoms with Gasteiger partial charge in [-0.05, 0) is 30.1 Å². The molecule has 0 saturated carbocycles. The second-order valence-corrected chi connectivity index (χ2v) is 5.91. The second kappa shape index (κ2) is 5.92. The topological polar surface area (TPSA) is 24.9 Å². The lowest BCUT2D eigenvalue weighted by molar-refractivity contribution is 0.626. The average molecular weight is 303 g/mol. The van der Waals surface area contributed by atoms with Gasteiger partial charge in [0.2, 0.25) is 0 Å². The summed E-state index contributed by atoms with van der Waals surface area (Å²) in [5.41, 5.74) is 2.02. The predicted octanol–water partition coefficient (Wildman–Crippen LogP) is 4.65. The van der Waals surface area contributed by atoms with Crippen LogP contribution >= 0.6 is 22.9 Å². The Hall–Kier alpha value is -1.42. The number of fused-ring (bicyclic) bond motifs is 1. The molecular formula is C16H15ClN2S. The highest BCUT2D eigenvalue weighted by Crippen LogP contribution is 2.32. The maximum Gasteiger partial charge on any atom is 0.0860 e. The SMILES string of the molecule is CCNC(c1ccc2ccccc2n1)c1sccc1Cl. The van der Waals surface area contributed by atoms with E-state index in [9.17, 15) is 0 Å². The van der Waals surface area contributed by atoms with Crippen LogP contribution in [-0.2, 0) is 0 Å². The van der Waals surface area contributed by atoms with E-state index in [2.05, 4.69) is 30.4 Å². The third-order valence-electron chi connectivity index (χ3n) is 3.23. The van der Waals surface area contributed by atoms with Crippen molar-refractivity contribution in [3.63, 3.8) is 0 Å². The van der Waals surface area contributed by atoms with Crippen LogP contribution in [0.3, 0.4) is 0 Å². The minimum atomic E-state index is 0.0529. The van der Waals surface area contributed by atoms with Gasteiger partial charge in [0, 0.05) is 10.3 Å². The van der Waals surface area contributed by atoms with Crippen molar-refractivity contribution in [2.75, 3.05) is 6.54 Å². The van der Waals surface area contributed by atoms with E-state index in [-0.39, 0.29) is 6.04 Å². The van der Waals surface area contributed by atoms with E-state index in [0.717, 1.165) is 33.0 Å². The van der Waals surface area contributed by atoms with Crippen LogP contribution in [0.25, 0.3) is 10.9 Å². The number of nitrogens with zero attached hydrogens (tertiary/aromatic N) is 1. The first-order valence-electron chi connectivity index (χ1n) is 6.61. The Morgan fingerprint density at radius 3 is 2.80 bits per heavy atom. The number of para-hydroxylation sites is 1. The Bertz CT molecular complexity index is 723. The number of halogens is 1. The molecule has 2 aromatic heterocycles. The molecule has 4 heteroatoms. The molecule has 1 unspecified atom stereocenters. The minimum absolute atomic E-state index is 0.0529. The molecule has 20 heavy (non-hydrogen) atoms. The second-order valence-electron chi connectivity index (χ2n) is 4.55. The van der Waals surface area contributed by atoms with Crippen LogP contribution in [0.15, 0.2) is 47.8 Å². The van der Waals surface area contributed by atoms with E-state index in [1.807, 2.05) is 29.6 Å². The van der Waals surface area contributed by atoms with Gasteiger partial charge in [-0.1, -0.05) is 42.8 Å². The molecule has 0 aliphatic rings. The number of nitrogens with one attached hydrogen (secondary N) is 1. The minimum Gasteiger partial charge on any atom is -0.305 e. The molecule has 0 spiro atoms. The van der Waals surface area contributed by atoms with Gasteiger partial charge in [-0.15, -0.1) is 11.3 Å². The summed E-state index contributed by atoms with van der Waals surface area (Å²) in [5, 5.41) is 7.45. The van der Waals surface area contributed by atoms with Gasteiger partial charge in [-0.25, -0.2) is 0 Å². The Kier molecular flexibility index (Phi) is 4.01. The smallest absolute Gasteiger partial charge is 0.0860 e. The molecule has 3 rings (SSSR count). The van der Waals surface area contributed by atoms with E-state index in [4.69, 9.17) is 16.6 Å². The molecule has 2 nitrogen and oxygen atoms in total. The molecule has 3 aromatic rings. The fraction of sp³-hybridized carbons (Fsp3) is 0.188. The van der Waals surface area contributed by atoms with Crippen molar-refractivity contribution < 1.29 is 0 Å². The lowest BCUT2D eigenvalue weighted by atomic mass is 10.1. The largest absolute Gasteiger partial charge is 0.305 e. The summed E-state index contributed by atoms with van der Waals surface area (Å²) in [6.07, 6.45) is 0. The van der Waals surface area contributed by atoms with Crippen LogP contribution in [0.1, 0.15) is 23.5 Å². The van der Waals surface area contributed by atoms with Crippen molar-refractivity contribution in [2.45, 2.75) is 13.0 Å². The summed E-state index contributed by atoms with van der Waals surface area (Å²) in [4.78, 5) is 5.90. The van der Waals surface area contributed by atoms with Crippen LogP contribution in [0.5, 0.6) is 0 Å². The zero-order valence-electron chi connectivity index (χ0n) is 11.1. The van der Waals surface area contributed by atoms with Gasteiger partial charge in [-0.2, -0.15) is 0 Å². The fourth-order valence-corrected chi connectivity index (χ4v) is 3.54. The summed E-state index contributed by atoms with van der Waals surface area (Å²) in [5.74, 6) is 0. The Morgan fingerprint density at radius 2 is 2.05 bits per heavy atom. The highest BCUT2D eigenvalue weighted by atomic mass is 35.5. The molecule has 0 bridgehead atoms. The van der Waals surface area contributed by atoms with Crippen LogP contribution in [0.2, 0.25) is 5.02 Å². The summed E-state index contributed by atoms with van der Waals surface area (Å²) < 4.78 is 0. The first-order chi connectivity index (χ1) is 9.79. The lowest BCUT2D eigenvalue weighted by Gasteiger charge is -2.17. The normalized spacial score (nSPS) is 12.7. The Balaban J connectivity index is 2.07. The van der Waals surface area contributed by atoms with Crippen molar-refractivity contribution in [3.05, 3.63) is 63.4 Å².